The molecule has 2 heterocycles. The molecule has 0 aliphatic carbocycles. The van der Waals surface area contributed by atoms with Crippen molar-refractivity contribution in [3.63, 3.8) is 0 Å². The molecule has 4 rings (SSSR count). The Morgan fingerprint density at radius 3 is 2.71 bits per heavy atom. The van der Waals surface area contributed by atoms with Gasteiger partial charge in [0.1, 0.15) is 12.6 Å². The normalized spacial score (nSPS) is 16.1. The van der Waals surface area contributed by atoms with Crippen molar-refractivity contribution in [3.05, 3.63) is 69.8 Å². The van der Waals surface area contributed by atoms with E-state index in [1.165, 1.54) is 0 Å². The molecule has 3 aromatic rings. The van der Waals surface area contributed by atoms with Crippen LogP contribution in [-0.2, 0) is 22.4 Å². The minimum absolute atomic E-state index is 0.322. The summed E-state index contributed by atoms with van der Waals surface area (Å²) in [6, 6.07) is 11.6. The van der Waals surface area contributed by atoms with Crippen LogP contribution in [0, 0.1) is 0 Å². The number of fused-ring (bicyclic) bond motifs is 1. The summed E-state index contributed by atoms with van der Waals surface area (Å²) in [4.78, 5) is 41.4. The summed E-state index contributed by atoms with van der Waals surface area (Å²) in [5, 5.41) is 7.45. The molecule has 3 N–H and O–H groups in total. The van der Waals surface area contributed by atoms with Crippen molar-refractivity contribution >= 4 is 52.0 Å². The standard InChI is InChI=1S/C22H20Cl2N4O3/c23-15-6-5-13(17(24)10-15)7-8-25-20(29)12-28-21(30)19(27-22(28)31)9-14-11-26-18-4-2-1-3-16(14)18/h1-6,10-11,19,26H,7-9,12H2,(H,25,29)(H,27,31)/t19-/m0/s1. The number of carbonyl (C=O) groups is 3. The van der Waals surface area contributed by atoms with Gasteiger partial charge in [0, 0.05) is 40.1 Å². The van der Waals surface area contributed by atoms with Gasteiger partial charge in [-0.25, -0.2) is 4.79 Å². The second-order valence-electron chi connectivity index (χ2n) is 7.33. The molecule has 31 heavy (non-hydrogen) atoms. The van der Waals surface area contributed by atoms with Gasteiger partial charge in [-0.15, -0.1) is 0 Å². The second-order valence-corrected chi connectivity index (χ2v) is 8.17. The fourth-order valence-electron chi connectivity index (χ4n) is 3.65. The number of H-pyrrole nitrogens is 1. The van der Waals surface area contributed by atoms with Crippen LogP contribution in [0.5, 0.6) is 0 Å². The molecule has 1 aliphatic rings. The van der Waals surface area contributed by atoms with Crippen LogP contribution in [0.2, 0.25) is 10.0 Å². The lowest BCUT2D eigenvalue weighted by Crippen LogP contribution is -2.41. The van der Waals surface area contributed by atoms with E-state index in [2.05, 4.69) is 15.6 Å². The van der Waals surface area contributed by atoms with Crippen LogP contribution in [0.1, 0.15) is 11.1 Å². The molecule has 1 aliphatic heterocycles. The van der Waals surface area contributed by atoms with Gasteiger partial charge >= 0.3 is 6.03 Å². The number of carbonyl (C=O) groups excluding carboxylic acids is 3. The van der Waals surface area contributed by atoms with Crippen LogP contribution in [0.4, 0.5) is 4.79 Å². The molecule has 0 spiro atoms. The quantitative estimate of drug-likeness (QED) is 0.474. The summed E-state index contributed by atoms with van der Waals surface area (Å²) in [6.45, 7) is -0.00793. The third-order valence-corrected chi connectivity index (χ3v) is 5.83. The molecule has 1 aromatic heterocycles. The summed E-state index contributed by atoms with van der Waals surface area (Å²) >= 11 is 12.0. The molecule has 160 valence electrons. The molecule has 9 heteroatoms. The molecular formula is C22H20Cl2N4O3. The van der Waals surface area contributed by atoms with E-state index in [4.69, 9.17) is 23.2 Å². The van der Waals surface area contributed by atoms with Crippen LogP contribution in [0.3, 0.4) is 0 Å². The summed E-state index contributed by atoms with van der Waals surface area (Å²) in [5.41, 5.74) is 2.74. The Kier molecular flexibility index (Phi) is 6.15. The predicted octanol–water partition coefficient (Wildman–Crippen LogP) is 3.30. The monoisotopic (exact) mass is 458 g/mol. The maximum atomic E-state index is 12.7. The second kappa shape index (κ2) is 8.99. The van der Waals surface area contributed by atoms with E-state index in [0.717, 1.165) is 26.9 Å². The van der Waals surface area contributed by atoms with E-state index in [1.807, 2.05) is 30.5 Å². The van der Waals surface area contributed by atoms with E-state index in [0.29, 0.717) is 29.4 Å². The summed E-state index contributed by atoms with van der Waals surface area (Å²) in [6.07, 6.45) is 2.69. The van der Waals surface area contributed by atoms with Gasteiger partial charge in [-0.1, -0.05) is 47.5 Å². The Balaban J connectivity index is 1.31. The van der Waals surface area contributed by atoms with Crippen molar-refractivity contribution in [2.75, 3.05) is 13.1 Å². The topological polar surface area (TPSA) is 94.3 Å². The fourth-order valence-corrected chi connectivity index (χ4v) is 4.15. The maximum absolute atomic E-state index is 12.7. The van der Waals surface area contributed by atoms with Gasteiger partial charge in [0.2, 0.25) is 5.91 Å². The molecule has 0 saturated carbocycles. The van der Waals surface area contributed by atoms with Crippen LogP contribution < -0.4 is 10.6 Å². The molecule has 2 aromatic carbocycles. The van der Waals surface area contributed by atoms with Crippen molar-refractivity contribution in [2.45, 2.75) is 18.9 Å². The van der Waals surface area contributed by atoms with Crippen molar-refractivity contribution < 1.29 is 14.4 Å². The highest BCUT2D eigenvalue weighted by Gasteiger charge is 2.39. The van der Waals surface area contributed by atoms with Gasteiger partial charge in [0.15, 0.2) is 0 Å². The number of imide groups is 1. The maximum Gasteiger partial charge on any atom is 0.325 e. The molecule has 0 radical (unpaired) electrons. The number of amides is 4. The highest BCUT2D eigenvalue weighted by Crippen LogP contribution is 2.22. The SMILES string of the molecule is O=C(CN1C(=O)N[C@@H](Cc2c[nH]c3ccccc23)C1=O)NCCc1ccc(Cl)cc1Cl. The predicted molar refractivity (Wildman–Crippen MR) is 119 cm³/mol. The number of nitrogens with one attached hydrogen (secondary N) is 3. The Morgan fingerprint density at radius 2 is 1.90 bits per heavy atom. The lowest BCUT2D eigenvalue weighted by molar-refractivity contribution is -0.132. The Morgan fingerprint density at radius 1 is 1.10 bits per heavy atom. The number of benzene rings is 2. The number of nitrogens with zero attached hydrogens (tertiary/aromatic N) is 1. The highest BCUT2D eigenvalue weighted by atomic mass is 35.5. The molecule has 1 fully saturated rings. The minimum Gasteiger partial charge on any atom is -0.361 e. The van der Waals surface area contributed by atoms with Gasteiger partial charge in [-0.3, -0.25) is 14.5 Å². The van der Waals surface area contributed by atoms with E-state index >= 15 is 0 Å². The zero-order valence-electron chi connectivity index (χ0n) is 16.5. The average molecular weight is 459 g/mol. The zero-order chi connectivity index (χ0) is 22.0. The number of para-hydroxylation sites is 1. The lowest BCUT2D eigenvalue weighted by Gasteiger charge is -2.13. The minimum atomic E-state index is -0.701. The first-order valence-corrected chi connectivity index (χ1v) is 10.6. The Hall–Kier alpha value is -3.03. The Bertz CT molecular complexity index is 1160. The van der Waals surface area contributed by atoms with Gasteiger partial charge < -0.3 is 15.6 Å². The first-order chi connectivity index (χ1) is 14.9. The molecule has 1 saturated heterocycles. The molecule has 0 bridgehead atoms. The largest absolute Gasteiger partial charge is 0.361 e. The molecule has 7 nitrogen and oxygen atoms in total. The number of hydrogen-bond acceptors (Lipinski definition) is 3. The molecule has 1 atom stereocenters. The smallest absolute Gasteiger partial charge is 0.325 e. The van der Waals surface area contributed by atoms with Gasteiger partial charge in [0.05, 0.1) is 0 Å². The molecule has 4 amide bonds. The Labute approximate surface area is 188 Å². The highest BCUT2D eigenvalue weighted by molar-refractivity contribution is 6.35. The van der Waals surface area contributed by atoms with E-state index in [9.17, 15) is 14.4 Å². The number of hydrogen-bond donors (Lipinski definition) is 3. The number of rotatable bonds is 7. The number of aromatic nitrogens is 1. The first kappa shape index (κ1) is 21.2. The van der Waals surface area contributed by atoms with Crippen molar-refractivity contribution in [1.82, 2.24) is 20.5 Å². The zero-order valence-corrected chi connectivity index (χ0v) is 18.0. The number of urea groups is 1. The van der Waals surface area contributed by atoms with Crippen LogP contribution >= 0.6 is 23.2 Å². The molecule has 0 unspecified atom stereocenters. The van der Waals surface area contributed by atoms with E-state index in [-0.39, 0.29) is 6.54 Å². The van der Waals surface area contributed by atoms with Crippen molar-refractivity contribution in [1.29, 1.82) is 0 Å². The third-order valence-electron chi connectivity index (χ3n) is 5.24. The van der Waals surface area contributed by atoms with Crippen molar-refractivity contribution in [3.8, 4) is 0 Å². The number of aromatic amines is 1. The summed E-state index contributed by atoms with van der Waals surface area (Å²) in [7, 11) is 0. The van der Waals surface area contributed by atoms with Gasteiger partial charge in [-0.2, -0.15) is 0 Å². The first-order valence-electron chi connectivity index (χ1n) is 9.80. The lowest BCUT2D eigenvalue weighted by atomic mass is 10.1. The van der Waals surface area contributed by atoms with E-state index in [1.54, 1.807) is 18.2 Å². The van der Waals surface area contributed by atoms with Crippen molar-refractivity contribution in [2.24, 2.45) is 0 Å². The fraction of sp³-hybridized carbons (Fsp3) is 0.227. The van der Waals surface area contributed by atoms with E-state index < -0.39 is 23.9 Å². The average Bonchev–Trinajstić information content (AvgIpc) is 3.26. The number of halogens is 2. The van der Waals surface area contributed by atoms with Crippen LogP contribution in [-0.4, -0.2) is 46.9 Å². The van der Waals surface area contributed by atoms with Gasteiger partial charge in [0.25, 0.3) is 5.91 Å². The summed E-state index contributed by atoms with van der Waals surface area (Å²) < 4.78 is 0. The van der Waals surface area contributed by atoms with Crippen LogP contribution in [0.25, 0.3) is 10.9 Å². The van der Waals surface area contributed by atoms with Crippen LogP contribution in [0.15, 0.2) is 48.7 Å². The summed E-state index contributed by atoms with van der Waals surface area (Å²) in [5.74, 6) is -0.826. The van der Waals surface area contributed by atoms with Gasteiger partial charge in [-0.05, 0) is 35.7 Å². The molecular weight excluding hydrogens is 439 g/mol. The third kappa shape index (κ3) is 4.68.